The van der Waals surface area contributed by atoms with Crippen molar-refractivity contribution in [2.24, 2.45) is 0 Å². The minimum Gasteiger partial charge on any atom is -0.489 e. The summed E-state index contributed by atoms with van der Waals surface area (Å²) in [5.41, 5.74) is -2.06. The Morgan fingerprint density at radius 3 is 1.88 bits per heavy atom. The molecule has 0 saturated carbocycles. The Labute approximate surface area is 219 Å². The van der Waals surface area contributed by atoms with E-state index < -0.39 is 54.3 Å². The van der Waals surface area contributed by atoms with Gasteiger partial charge in [0, 0.05) is 23.0 Å². The summed E-state index contributed by atoms with van der Waals surface area (Å²) in [4.78, 5) is 0.665. The number of benzene rings is 3. The van der Waals surface area contributed by atoms with Gasteiger partial charge in [-0.25, -0.2) is 0 Å². The van der Waals surface area contributed by atoms with Crippen LogP contribution in [0.3, 0.4) is 0 Å². The summed E-state index contributed by atoms with van der Waals surface area (Å²) in [6.07, 6.45) is -19.1. The van der Waals surface area contributed by atoms with Crippen LogP contribution in [0.15, 0.2) is 72.8 Å². The Hall–Kier alpha value is -3.75. The molecule has 0 saturated heterocycles. The summed E-state index contributed by atoms with van der Waals surface area (Å²) in [5.74, 6) is -5.92. The smallest absolute Gasteiger partial charge is 0.489 e. The monoisotopic (exact) mass is 589 g/mol. The van der Waals surface area contributed by atoms with Gasteiger partial charge in [-0.2, -0.15) is 35.1 Å². The molecule has 0 amide bonds. The van der Waals surface area contributed by atoms with Gasteiger partial charge >= 0.3 is 24.6 Å². The molecule has 1 N–H and O–H groups in total. The summed E-state index contributed by atoms with van der Waals surface area (Å²) in [6.45, 7) is -1.62. The zero-order valence-corrected chi connectivity index (χ0v) is 19.8. The van der Waals surface area contributed by atoms with Gasteiger partial charge < -0.3 is 19.5 Å². The molecule has 0 aliphatic carbocycles. The second-order valence-corrected chi connectivity index (χ2v) is 8.27. The molecule has 3 aromatic rings. The summed E-state index contributed by atoms with van der Waals surface area (Å²) in [6, 6.07) is 12.1. The van der Waals surface area contributed by atoms with Crippen LogP contribution in [-0.4, -0.2) is 36.5 Å². The van der Waals surface area contributed by atoms with Gasteiger partial charge in [0.25, 0.3) is 0 Å². The minimum absolute atomic E-state index is 0.0529. The van der Waals surface area contributed by atoms with E-state index in [9.17, 15) is 53.4 Å². The molecule has 0 aliphatic rings. The highest BCUT2D eigenvalue weighted by Gasteiger charge is 2.58. The van der Waals surface area contributed by atoms with Crippen molar-refractivity contribution in [3.8, 4) is 11.5 Å². The highest BCUT2D eigenvalue weighted by molar-refractivity contribution is 5.65. The molecule has 0 heterocycles. The molecule has 3 rings (SSSR count). The Morgan fingerprint density at radius 2 is 1.27 bits per heavy atom. The lowest BCUT2D eigenvalue weighted by atomic mass is 10.1. The topological polar surface area (TPSA) is 41.9 Å². The first-order chi connectivity index (χ1) is 18.4. The molecule has 0 fully saturated rings. The number of nitrogens with zero attached hydrogens (tertiary/aromatic N) is 1. The van der Waals surface area contributed by atoms with Crippen LogP contribution < -0.4 is 14.4 Å². The van der Waals surface area contributed by atoms with Crippen molar-refractivity contribution in [1.29, 1.82) is 0 Å². The lowest BCUT2D eigenvalue weighted by molar-refractivity contribution is -0.289. The summed E-state index contributed by atoms with van der Waals surface area (Å²) >= 11 is 0. The van der Waals surface area contributed by atoms with Crippen LogP contribution >= 0.6 is 0 Å². The predicted molar refractivity (Wildman–Crippen MR) is 119 cm³/mol. The first kappa shape index (κ1) is 30.8. The van der Waals surface area contributed by atoms with E-state index in [1.165, 1.54) is 30.3 Å². The fourth-order valence-electron chi connectivity index (χ4n) is 3.41. The summed E-state index contributed by atoms with van der Waals surface area (Å²) in [5, 5.41) is 9.65. The van der Waals surface area contributed by atoms with Gasteiger partial charge in [0.1, 0.15) is 18.1 Å². The van der Waals surface area contributed by atoms with Crippen molar-refractivity contribution in [3.63, 3.8) is 0 Å². The lowest BCUT2D eigenvalue weighted by Gasteiger charge is -2.30. The highest BCUT2D eigenvalue weighted by atomic mass is 19.4. The lowest BCUT2D eigenvalue weighted by Crippen LogP contribution is -2.39. The molecule has 218 valence electrons. The SMILES string of the molecule is OC(CN(c1cccc(OCc2cccc(OC(F)(F)F)c2)c1)c1cccc(C(F)(F)C(F)(F)F)c1)C(F)(F)F. The number of alkyl halides is 11. The molecule has 15 heteroatoms. The van der Waals surface area contributed by atoms with Crippen LogP contribution in [0.2, 0.25) is 0 Å². The molecule has 1 unspecified atom stereocenters. The van der Waals surface area contributed by atoms with Crippen molar-refractivity contribution in [2.45, 2.75) is 37.3 Å². The van der Waals surface area contributed by atoms with Crippen molar-refractivity contribution >= 4 is 11.4 Å². The molecular weight excluding hydrogens is 571 g/mol. The number of aliphatic hydroxyl groups excluding tert-OH is 1. The predicted octanol–water partition coefficient (Wildman–Crippen LogP) is 7.88. The molecule has 0 bridgehead atoms. The normalized spacial score (nSPS) is 13.6. The highest BCUT2D eigenvalue weighted by Crippen LogP contribution is 2.45. The Kier molecular flexibility index (Phi) is 8.77. The van der Waals surface area contributed by atoms with Gasteiger partial charge in [0.05, 0.1) is 6.54 Å². The molecule has 0 aromatic heterocycles. The fourth-order valence-corrected chi connectivity index (χ4v) is 3.41. The van der Waals surface area contributed by atoms with E-state index in [-0.39, 0.29) is 23.6 Å². The second kappa shape index (κ2) is 11.4. The number of halogens is 11. The van der Waals surface area contributed by atoms with Crippen LogP contribution in [0.1, 0.15) is 11.1 Å². The number of rotatable bonds is 9. The number of anilines is 2. The standard InChI is InChI=1S/C25H18F11NO3/c26-22(27,24(31,32)33)16-5-2-6-17(11-16)37(13-21(38)23(28,29)30)18-7-3-8-19(12-18)39-14-15-4-1-9-20(10-15)40-25(34,35)36/h1-12,21,38H,13-14H2. The van der Waals surface area contributed by atoms with E-state index in [4.69, 9.17) is 4.74 Å². The van der Waals surface area contributed by atoms with E-state index in [0.29, 0.717) is 17.0 Å². The third kappa shape index (κ3) is 7.90. The van der Waals surface area contributed by atoms with E-state index in [2.05, 4.69) is 4.74 Å². The maximum Gasteiger partial charge on any atom is 0.573 e. The van der Waals surface area contributed by atoms with Gasteiger partial charge in [-0.1, -0.05) is 30.3 Å². The molecular formula is C25H18F11NO3. The van der Waals surface area contributed by atoms with Gasteiger partial charge in [-0.3, -0.25) is 0 Å². The Bertz CT molecular complexity index is 1290. The van der Waals surface area contributed by atoms with Gasteiger partial charge in [-0.15, -0.1) is 13.2 Å². The Morgan fingerprint density at radius 1 is 0.700 bits per heavy atom. The molecule has 1 atom stereocenters. The average Bonchev–Trinajstić information content (AvgIpc) is 2.84. The fraction of sp³-hybridized carbons (Fsp3) is 0.280. The van der Waals surface area contributed by atoms with E-state index in [0.717, 1.165) is 30.3 Å². The van der Waals surface area contributed by atoms with Gasteiger partial charge in [-0.05, 0) is 42.0 Å². The number of ether oxygens (including phenoxy) is 2. The molecule has 0 spiro atoms. The quantitative estimate of drug-likeness (QED) is 0.258. The zero-order valence-electron chi connectivity index (χ0n) is 19.8. The average molecular weight is 589 g/mol. The van der Waals surface area contributed by atoms with Crippen molar-refractivity contribution < 1.29 is 62.9 Å². The van der Waals surface area contributed by atoms with Crippen LogP contribution in [0.4, 0.5) is 59.7 Å². The van der Waals surface area contributed by atoms with Crippen molar-refractivity contribution in [3.05, 3.63) is 83.9 Å². The Balaban J connectivity index is 1.93. The van der Waals surface area contributed by atoms with E-state index in [1.807, 2.05) is 0 Å². The molecule has 40 heavy (non-hydrogen) atoms. The molecule has 3 aromatic carbocycles. The van der Waals surface area contributed by atoms with E-state index in [1.54, 1.807) is 0 Å². The first-order valence-corrected chi connectivity index (χ1v) is 11.0. The zero-order chi connectivity index (χ0) is 29.9. The van der Waals surface area contributed by atoms with Crippen LogP contribution in [-0.2, 0) is 12.5 Å². The summed E-state index contributed by atoms with van der Waals surface area (Å²) < 4.78 is 153. The van der Waals surface area contributed by atoms with Crippen molar-refractivity contribution in [2.75, 3.05) is 11.4 Å². The van der Waals surface area contributed by atoms with Crippen molar-refractivity contribution in [1.82, 2.24) is 0 Å². The minimum atomic E-state index is -5.99. The molecule has 0 aliphatic heterocycles. The van der Waals surface area contributed by atoms with Crippen LogP contribution in [0, 0.1) is 0 Å². The number of hydrogen-bond donors (Lipinski definition) is 1. The van der Waals surface area contributed by atoms with E-state index >= 15 is 0 Å². The molecule has 4 nitrogen and oxygen atoms in total. The third-order valence-electron chi connectivity index (χ3n) is 5.28. The van der Waals surface area contributed by atoms with Gasteiger partial charge in [0.15, 0.2) is 6.10 Å². The maximum absolute atomic E-state index is 13.9. The maximum atomic E-state index is 13.9. The molecule has 0 radical (unpaired) electrons. The number of hydrogen-bond acceptors (Lipinski definition) is 4. The number of aliphatic hydroxyl groups is 1. The van der Waals surface area contributed by atoms with Crippen LogP contribution in [0.25, 0.3) is 0 Å². The largest absolute Gasteiger partial charge is 0.573 e. The third-order valence-corrected chi connectivity index (χ3v) is 5.28. The van der Waals surface area contributed by atoms with Gasteiger partial charge in [0.2, 0.25) is 0 Å². The first-order valence-electron chi connectivity index (χ1n) is 11.0. The summed E-state index contributed by atoms with van der Waals surface area (Å²) in [7, 11) is 0. The van der Waals surface area contributed by atoms with Crippen LogP contribution in [0.5, 0.6) is 11.5 Å². The second-order valence-electron chi connectivity index (χ2n) is 8.27.